The molecule has 5 nitrogen and oxygen atoms in total. The standard InChI is InChI=1S/C12H16N2O3S2/c1-8-13-10(6-19-8)5-18-7-11(15)14-3-2-9(4-14)12(16)17/h6,9H,2-5,7H2,1H3,(H,16,17). The lowest BCUT2D eigenvalue weighted by Gasteiger charge is -2.15. The number of nitrogens with zero attached hydrogens (tertiary/aromatic N) is 2. The van der Waals surface area contributed by atoms with Crippen LogP contribution in [0.4, 0.5) is 0 Å². The molecule has 0 spiro atoms. The minimum absolute atomic E-state index is 0.0284. The summed E-state index contributed by atoms with van der Waals surface area (Å²) in [6.07, 6.45) is 0.566. The monoisotopic (exact) mass is 300 g/mol. The van der Waals surface area contributed by atoms with Crippen molar-refractivity contribution in [2.45, 2.75) is 19.1 Å². The Morgan fingerprint density at radius 1 is 1.63 bits per heavy atom. The van der Waals surface area contributed by atoms with Crippen LogP contribution in [0.15, 0.2) is 5.38 Å². The molecule has 1 aromatic heterocycles. The summed E-state index contributed by atoms with van der Waals surface area (Å²) < 4.78 is 0. The zero-order chi connectivity index (χ0) is 13.8. The number of carbonyl (C=O) groups excluding carboxylic acids is 1. The van der Waals surface area contributed by atoms with E-state index in [2.05, 4.69) is 4.98 Å². The van der Waals surface area contributed by atoms with Crippen molar-refractivity contribution in [3.05, 3.63) is 16.1 Å². The van der Waals surface area contributed by atoms with Crippen molar-refractivity contribution in [2.24, 2.45) is 5.92 Å². The topological polar surface area (TPSA) is 70.5 Å². The Hall–Kier alpha value is -1.08. The van der Waals surface area contributed by atoms with E-state index < -0.39 is 11.9 Å². The zero-order valence-electron chi connectivity index (χ0n) is 10.7. The quantitative estimate of drug-likeness (QED) is 0.894. The van der Waals surface area contributed by atoms with Gasteiger partial charge in [-0.15, -0.1) is 23.1 Å². The molecule has 0 saturated carbocycles. The summed E-state index contributed by atoms with van der Waals surface area (Å²) in [7, 11) is 0. The number of thiazole rings is 1. The zero-order valence-corrected chi connectivity index (χ0v) is 12.3. The number of hydrogen-bond acceptors (Lipinski definition) is 5. The Morgan fingerprint density at radius 2 is 2.42 bits per heavy atom. The molecule has 1 N–H and O–H groups in total. The van der Waals surface area contributed by atoms with Crippen LogP contribution in [0, 0.1) is 12.8 Å². The average Bonchev–Trinajstić information content (AvgIpc) is 2.98. The molecule has 7 heteroatoms. The smallest absolute Gasteiger partial charge is 0.308 e. The van der Waals surface area contributed by atoms with Crippen LogP contribution in [0.25, 0.3) is 0 Å². The van der Waals surface area contributed by atoms with Gasteiger partial charge in [0.25, 0.3) is 0 Å². The lowest BCUT2D eigenvalue weighted by Crippen LogP contribution is -2.31. The summed E-state index contributed by atoms with van der Waals surface area (Å²) in [5.74, 6) is -0.0495. The van der Waals surface area contributed by atoms with Gasteiger partial charge >= 0.3 is 5.97 Å². The molecule has 2 heterocycles. The normalized spacial score (nSPS) is 18.8. The first-order valence-corrected chi connectivity index (χ1v) is 8.09. The van der Waals surface area contributed by atoms with Gasteiger partial charge in [0.05, 0.1) is 22.4 Å². The van der Waals surface area contributed by atoms with Crippen LogP contribution in [-0.2, 0) is 15.3 Å². The molecule has 1 atom stereocenters. The maximum Gasteiger partial charge on any atom is 0.308 e. The first-order chi connectivity index (χ1) is 9.06. The number of carboxylic acid groups (broad SMARTS) is 1. The van der Waals surface area contributed by atoms with Crippen LogP contribution in [0.5, 0.6) is 0 Å². The third-order valence-electron chi connectivity index (χ3n) is 3.03. The van der Waals surface area contributed by atoms with Crippen LogP contribution in [0.1, 0.15) is 17.1 Å². The maximum atomic E-state index is 11.9. The van der Waals surface area contributed by atoms with E-state index in [1.807, 2.05) is 12.3 Å². The highest BCUT2D eigenvalue weighted by atomic mass is 32.2. The fourth-order valence-electron chi connectivity index (χ4n) is 2.00. The molecule has 1 aliphatic rings. The van der Waals surface area contributed by atoms with Gasteiger partial charge in [0.15, 0.2) is 0 Å². The Bertz CT molecular complexity index is 475. The summed E-state index contributed by atoms with van der Waals surface area (Å²) in [5, 5.41) is 11.9. The number of aryl methyl sites for hydroxylation is 1. The molecule has 1 aliphatic heterocycles. The molecular formula is C12H16N2O3S2. The third kappa shape index (κ3) is 3.94. The van der Waals surface area contributed by atoms with Gasteiger partial charge < -0.3 is 10.0 Å². The van der Waals surface area contributed by atoms with Crippen molar-refractivity contribution in [3.63, 3.8) is 0 Å². The fourth-order valence-corrected chi connectivity index (χ4v) is 3.53. The van der Waals surface area contributed by atoms with E-state index in [9.17, 15) is 9.59 Å². The number of rotatable bonds is 5. The molecular weight excluding hydrogens is 284 g/mol. The van der Waals surface area contributed by atoms with E-state index in [4.69, 9.17) is 5.11 Å². The third-order valence-corrected chi connectivity index (χ3v) is 4.81. The lowest BCUT2D eigenvalue weighted by molar-refractivity contribution is -0.141. The maximum absolute atomic E-state index is 11.9. The molecule has 0 aromatic carbocycles. The second kappa shape index (κ2) is 6.38. The van der Waals surface area contributed by atoms with Gasteiger partial charge in [0.1, 0.15) is 0 Å². The van der Waals surface area contributed by atoms with Crippen molar-refractivity contribution in [3.8, 4) is 0 Å². The molecule has 1 aromatic rings. The molecule has 1 saturated heterocycles. The van der Waals surface area contributed by atoms with Crippen LogP contribution >= 0.6 is 23.1 Å². The number of aromatic nitrogens is 1. The van der Waals surface area contributed by atoms with Crippen LogP contribution in [0.3, 0.4) is 0 Å². The Balaban J connectivity index is 1.72. The lowest BCUT2D eigenvalue weighted by atomic mass is 10.1. The number of amides is 1. The van der Waals surface area contributed by atoms with E-state index in [0.29, 0.717) is 25.3 Å². The Kier molecular flexibility index (Phi) is 4.81. The number of hydrogen-bond donors (Lipinski definition) is 1. The molecule has 19 heavy (non-hydrogen) atoms. The van der Waals surface area contributed by atoms with Gasteiger partial charge in [0.2, 0.25) is 5.91 Å². The first-order valence-electron chi connectivity index (χ1n) is 6.05. The van der Waals surface area contributed by atoms with Gasteiger partial charge in [-0.25, -0.2) is 4.98 Å². The summed E-state index contributed by atoms with van der Waals surface area (Å²) in [4.78, 5) is 28.7. The summed E-state index contributed by atoms with van der Waals surface area (Å²) in [6, 6.07) is 0. The molecule has 0 radical (unpaired) electrons. The van der Waals surface area contributed by atoms with Crippen LogP contribution < -0.4 is 0 Å². The van der Waals surface area contributed by atoms with Crippen molar-refractivity contribution < 1.29 is 14.7 Å². The molecule has 0 bridgehead atoms. The summed E-state index contributed by atoms with van der Waals surface area (Å²) in [6.45, 7) is 2.87. The van der Waals surface area contributed by atoms with E-state index in [0.717, 1.165) is 16.5 Å². The molecule has 1 unspecified atom stereocenters. The number of thioether (sulfide) groups is 1. The summed E-state index contributed by atoms with van der Waals surface area (Å²) in [5.41, 5.74) is 1.00. The fraction of sp³-hybridized carbons (Fsp3) is 0.583. The second-order valence-corrected chi connectivity index (χ2v) is 6.56. The highest BCUT2D eigenvalue weighted by Gasteiger charge is 2.30. The molecule has 104 valence electrons. The SMILES string of the molecule is Cc1nc(CSCC(=O)N2CCC(C(=O)O)C2)cs1. The van der Waals surface area contributed by atoms with Gasteiger partial charge in [-0.05, 0) is 13.3 Å². The number of aliphatic carboxylic acids is 1. The van der Waals surface area contributed by atoms with Crippen molar-refractivity contribution in [2.75, 3.05) is 18.8 Å². The number of carbonyl (C=O) groups is 2. The Morgan fingerprint density at radius 3 is 3.00 bits per heavy atom. The molecule has 2 rings (SSSR count). The second-order valence-electron chi connectivity index (χ2n) is 4.51. The van der Waals surface area contributed by atoms with Crippen LogP contribution in [-0.4, -0.2) is 45.7 Å². The van der Waals surface area contributed by atoms with E-state index in [1.54, 1.807) is 16.2 Å². The minimum atomic E-state index is -0.805. The van der Waals surface area contributed by atoms with Gasteiger partial charge in [0, 0.05) is 24.2 Å². The van der Waals surface area contributed by atoms with Crippen molar-refractivity contribution >= 4 is 35.0 Å². The molecule has 1 fully saturated rings. The van der Waals surface area contributed by atoms with Gasteiger partial charge in [-0.2, -0.15) is 0 Å². The predicted octanol–water partition coefficient (Wildman–Crippen LogP) is 1.62. The Labute approximate surface area is 120 Å². The van der Waals surface area contributed by atoms with E-state index >= 15 is 0 Å². The van der Waals surface area contributed by atoms with Crippen LogP contribution in [0.2, 0.25) is 0 Å². The van der Waals surface area contributed by atoms with E-state index in [1.165, 1.54) is 11.8 Å². The largest absolute Gasteiger partial charge is 0.481 e. The minimum Gasteiger partial charge on any atom is -0.481 e. The molecule has 0 aliphatic carbocycles. The number of likely N-dealkylation sites (tertiary alicyclic amines) is 1. The van der Waals surface area contributed by atoms with E-state index in [-0.39, 0.29) is 5.91 Å². The summed E-state index contributed by atoms with van der Waals surface area (Å²) >= 11 is 3.14. The van der Waals surface area contributed by atoms with Crippen molar-refractivity contribution in [1.29, 1.82) is 0 Å². The highest BCUT2D eigenvalue weighted by Crippen LogP contribution is 2.19. The molecule has 1 amide bonds. The number of carboxylic acids is 1. The van der Waals surface area contributed by atoms with Gasteiger partial charge in [-0.1, -0.05) is 0 Å². The average molecular weight is 300 g/mol. The van der Waals surface area contributed by atoms with Crippen molar-refractivity contribution in [1.82, 2.24) is 9.88 Å². The van der Waals surface area contributed by atoms with Gasteiger partial charge in [-0.3, -0.25) is 9.59 Å². The first kappa shape index (κ1) is 14.3. The predicted molar refractivity (Wildman–Crippen MR) is 75.3 cm³/mol. The highest BCUT2D eigenvalue weighted by molar-refractivity contribution is 7.99.